The van der Waals surface area contributed by atoms with Crippen LogP contribution in [0.1, 0.15) is 36.8 Å². The molecule has 0 bridgehead atoms. The van der Waals surface area contributed by atoms with E-state index in [2.05, 4.69) is 5.32 Å². The normalized spacial score (nSPS) is 16.4. The first-order valence-corrected chi connectivity index (χ1v) is 7.47. The second kappa shape index (κ2) is 6.69. The first-order chi connectivity index (χ1) is 9.91. The molecule has 2 nitrogen and oxygen atoms in total. The molecule has 21 heavy (non-hydrogen) atoms. The van der Waals surface area contributed by atoms with Crippen molar-refractivity contribution in [3.8, 4) is 0 Å². The molecular weight excluding hydrogens is 277 g/mol. The summed E-state index contributed by atoms with van der Waals surface area (Å²) in [5.74, 6) is 0.521. The minimum Gasteiger partial charge on any atom is -0.374 e. The van der Waals surface area contributed by atoms with Crippen molar-refractivity contribution >= 4 is 5.69 Å². The van der Waals surface area contributed by atoms with Gasteiger partial charge >= 0.3 is 6.18 Å². The molecule has 1 N–H and O–H groups in total. The first-order valence-electron chi connectivity index (χ1n) is 7.47. The highest BCUT2D eigenvalue weighted by Gasteiger charge is 2.35. The van der Waals surface area contributed by atoms with Crippen molar-refractivity contribution in [2.75, 3.05) is 25.5 Å². The van der Waals surface area contributed by atoms with Gasteiger partial charge in [-0.25, -0.2) is 0 Å². The number of hydrogen-bond donors (Lipinski definition) is 1. The van der Waals surface area contributed by atoms with E-state index in [1.807, 2.05) is 0 Å². The zero-order valence-electron chi connectivity index (χ0n) is 12.6. The number of rotatable bonds is 5. The van der Waals surface area contributed by atoms with Crippen molar-refractivity contribution in [3.05, 3.63) is 29.3 Å². The number of hydrogen-bond acceptors (Lipinski definition) is 2. The Morgan fingerprint density at radius 3 is 2.48 bits per heavy atom. The number of benzene rings is 1. The number of alkyl halides is 3. The van der Waals surface area contributed by atoms with Gasteiger partial charge in [-0.15, -0.1) is 0 Å². The molecular formula is C16H23F3N2. The summed E-state index contributed by atoms with van der Waals surface area (Å²) in [4.78, 5) is 1.77. The highest BCUT2D eigenvalue weighted by Crippen LogP contribution is 2.38. The standard InChI is InChI=1S/C16H23F3N2/c1-20-10-13-7-8-15(14(9-13)16(17,18)19)21(2)11-12-5-3-4-6-12/h7-9,12,20H,3-6,10-11H2,1-2H3. The van der Waals surface area contributed by atoms with E-state index in [0.717, 1.165) is 12.8 Å². The van der Waals surface area contributed by atoms with Crippen molar-refractivity contribution in [2.45, 2.75) is 38.4 Å². The molecule has 5 heteroatoms. The molecule has 1 aromatic rings. The van der Waals surface area contributed by atoms with E-state index < -0.39 is 11.7 Å². The van der Waals surface area contributed by atoms with E-state index in [4.69, 9.17) is 0 Å². The highest BCUT2D eigenvalue weighted by molar-refractivity contribution is 5.56. The summed E-state index contributed by atoms with van der Waals surface area (Å²) >= 11 is 0. The SMILES string of the molecule is CNCc1ccc(N(C)CC2CCCC2)c(C(F)(F)F)c1. The van der Waals surface area contributed by atoms with Crippen LogP contribution < -0.4 is 10.2 Å². The highest BCUT2D eigenvalue weighted by atomic mass is 19.4. The summed E-state index contributed by atoms with van der Waals surface area (Å²) in [6, 6.07) is 4.63. The number of nitrogens with one attached hydrogen (secondary N) is 1. The minimum absolute atomic E-state index is 0.286. The molecule has 0 aromatic heterocycles. The third-order valence-corrected chi connectivity index (χ3v) is 4.17. The molecule has 1 aromatic carbocycles. The second-order valence-corrected chi connectivity index (χ2v) is 5.91. The molecule has 118 valence electrons. The third kappa shape index (κ3) is 4.13. The molecule has 1 aliphatic rings. The first kappa shape index (κ1) is 16.1. The Labute approximate surface area is 124 Å². The van der Waals surface area contributed by atoms with Crippen molar-refractivity contribution in [2.24, 2.45) is 5.92 Å². The summed E-state index contributed by atoms with van der Waals surface area (Å²) in [6.07, 6.45) is 0.341. The Morgan fingerprint density at radius 1 is 1.24 bits per heavy atom. The molecule has 0 spiro atoms. The van der Waals surface area contributed by atoms with Gasteiger partial charge in [-0.1, -0.05) is 18.9 Å². The zero-order valence-corrected chi connectivity index (χ0v) is 12.6. The summed E-state index contributed by atoms with van der Waals surface area (Å²) in [5.41, 5.74) is 0.410. The fourth-order valence-corrected chi connectivity index (χ4v) is 3.14. The van der Waals surface area contributed by atoms with Crippen LogP contribution in [-0.2, 0) is 12.7 Å². The maximum atomic E-state index is 13.3. The van der Waals surface area contributed by atoms with Crippen LogP contribution >= 0.6 is 0 Å². The van der Waals surface area contributed by atoms with Crippen LogP contribution in [0.4, 0.5) is 18.9 Å². The lowest BCUT2D eigenvalue weighted by molar-refractivity contribution is -0.137. The lowest BCUT2D eigenvalue weighted by Crippen LogP contribution is -2.26. The molecule has 1 aliphatic carbocycles. The third-order valence-electron chi connectivity index (χ3n) is 4.17. The minimum atomic E-state index is -4.32. The van der Waals surface area contributed by atoms with E-state index in [-0.39, 0.29) is 5.69 Å². The molecule has 0 aliphatic heterocycles. The van der Waals surface area contributed by atoms with E-state index in [1.54, 1.807) is 31.1 Å². The van der Waals surface area contributed by atoms with Crippen molar-refractivity contribution < 1.29 is 13.2 Å². The monoisotopic (exact) mass is 300 g/mol. The van der Waals surface area contributed by atoms with Gasteiger partial charge in [0, 0.05) is 25.8 Å². The van der Waals surface area contributed by atoms with Crippen LogP contribution in [0.25, 0.3) is 0 Å². The average molecular weight is 300 g/mol. The van der Waals surface area contributed by atoms with Crippen molar-refractivity contribution in [1.29, 1.82) is 0 Å². The van der Waals surface area contributed by atoms with Gasteiger partial charge in [-0.3, -0.25) is 0 Å². The number of anilines is 1. The maximum absolute atomic E-state index is 13.3. The lowest BCUT2D eigenvalue weighted by atomic mass is 10.0. The molecule has 0 unspecified atom stereocenters. The van der Waals surface area contributed by atoms with Crippen LogP contribution in [0.5, 0.6) is 0 Å². The Bertz CT molecular complexity index is 465. The molecule has 1 saturated carbocycles. The molecule has 0 saturated heterocycles. The Balaban J connectivity index is 2.23. The van der Waals surface area contributed by atoms with Gasteiger partial charge in [0.15, 0.2) is 0 Å². The smallest absolute Gasteiger partial charge is 0.374 e. The number of halogens is 3. The second-order valence-electron chi connectivity index (χ2n) is 5.91. The van der Waals surface area contributed by atoms with Gasteiger partial charge in [-0.2, -0.15) is 13.2 Å². The van der Waals surface area contributed by atoms with Gasteiger partial charge in [-0.05, 0) is 43.5 Å². The van der Waals surface area contributed by atoms with Crippen LogP contribution in [0.2, 0.25) is 0 Å². The molecule has 0 radical (unpaired) electrons. The van der Waals surface area contributed by atoms with Gasteiger partial charge in [0.05, 0.1) is 5.56 Å². The van der Waals surface area contributed by atoms with Gasteiger partial charge in [0.25, 0.3) is 0 Å². The Morgan fingerprint density at radius 2 is 1.90 bits per heavy atom. The average Bonchev–Trinajstić information content (AvgIpc) is 2.91. The van der Waals surface area contributed by atoms with Crippen LogP contribution in [0, 0.1) is 5.92 Å². The lowest BCUT2D eigenvalue weighted by Gasteiger charge is -2.26. The fourth-order valence-electron chi connectivity index (χ4n) is 3.14. The predicted octanol–water partition coefficient (Wildman–Crippen LogP) is 4.05. The maximum Gasteiger partial charge on any atom is 0.418 e. The van der Waals surface area contributed by atoms with Gasteiger partial charge in [0.2, 0.25) is 0 Å². The van der Waals surface area contributed by atoms with Gasteiger partial charge in [0.1, 0.15) is 0 Å². The summed E-state index contributed by atoms with van der Waals surface area (Å²) in [7, 11) is 3.49. The van der Waals surface area contributed by atoms with Crippen LogP contribution in [-0.4, -0.2) is 20.6 Å². The van der Waals surface area contributed by atoms with Crippen LogP contribution in [0.3, 0.4) is 0 Å². The topological polar surface area (TPSA) is 15.3 Å². The molecule has 1 fully saturated rings. The Kier molecular flexibility index (Phi) is 5.14. The quantitative estimate of drug-likeness (QED) is 0.882. The fraction of sp³-hybridized carbons (Fsp3) is 0.625. The van der Waals surface area contributed by atoms with E-state index in [0.29, 0.717) is 24.6 Å². The molecule has 0 amide bonds. The predicted molar refractivity (Wildman–Crippen MR) is 79.4 cm³/mol. The molecule has 2 rings (SSSR count). The van der Waals surface area contributed by atoms with Gasteiger partial charge < -0.3 is 10.2 Å². The van der Waals surface area contributed by atoms with Crippen LogP contribution in [0.15, 0.2) is 18.2 Å². The van der Waals surface area contributed by atoms with E-state index in [1.165, 1.54) is 18.9 Å². The largest absolute Gasteiger partial charge is 0.418 e. The van der Waals surface area contributed by atoms with E-state index in [9.17, 15) is 13.2 Å². The van der Waals surface area contributed by atoms with Crippen molar-refractivity contribution in [1.82, 2.24) is 5.32 Å². The summed E-state index contributed by atoms with van der Waals surface area (Å²) in [6.45, 7) is 1.14. The summed E-state index contributed by atoms with van der Waals surface area (Å²) in [5, 5.41) is 2.89. The Hall–Kier alpha value is -1.23. The summed E-state index contributed by atoms with van der Waals surface area (Å²) < 4.78 is 39.9. The van der Waals surface area contributed by atoms with Crippen molar-refractivity contribution in [3.63, 3.8) is 0 Å². The number of nitrogens with zero attached hydrogens (tertiary/aromatic N) is 1. The molecule has 0 heterocycles. The zero-order chi connectivity index (χ0) is 15.5. The van der Waals surface area contributed by atoms with E-state index >= 15 is 0 Å². The molecule has 0 atom stereocenters.